The molecule has 1 amide bonds. The molecule has 4 aliphatic rings. The molecule has 2 aliphatic heterocycles. The summed E-state index contributed by atoms with van der Waals surface area (Å²) in [4.78, 5) is 28.8. The molecule has 0 saturated carbocycles. The Balaban J connectivity index is 1.05. The van der Waals surface area contributed by atoms with Crippen molar-refractivity contribution < 1.29 is 19.1 Å². The minimum Gasteiger partial charge on any atom is -0.448 e. The average Bonchev–Trinajstić information content (AvgIpc) is 3.50. The maximum Gasteiger partial charge on any atom is 0.410 e. The van der Waals surface area contributed by atoms with Gasteiger partial charge in [-0.3, -0.25) is 9.69 Å². The first-order valence-electron chi connectivity index (χ1n) is 13.2. The van der Waals surface area contributed by atoms with Gasteiger partial charge in [-0.25, -0.2) is 4.79 Å². The number of Topliss-reactive ketones (excluding diaryl/α,β-unsaturated/α-hetero) is 1. The average molecular weight is 492 g/mol. The molecule has 37 heavy (non-hydrogen) atoms. The SMILES string of the molecule is O=C(C1=Cc2ccccc2C1)C1CC2COCC(C1)N2C(=O)OCC1c2ccccc2-c2ccccc21. The van der Waals surface area contributed by atoms with Crippen molar-refractivity contribution >= 4 is 18.0 Å². The van der Waals surface area contributed by atoms with Gasteiger partial charge in [-0.1, -0.05) is 72.8 Å². The molecule has 3 aromatic rings. The summed E-state index contributed by atoms with van der Waals surface area (Å²) in [5.41, 5.74) is 8.08. The first-order chi connectivity index (χ1) is 18.2. The molecule has 5 nitrogen and oxygen atoms in total. The van der Waals surface area contributed by atoms with Gasteiger partial charge in [-0.2, -0.15) is 0 Å². The molecule has 2 bridgehead atoms. The molecule has 0 spiro atoms. The second-order valence-electron chi connectivity index (χ2n) is 10.6. The zero-order valence-electron chi connectivity index (χ0n) is 20.6. The highest BCUT2D eigenvalue weighted by Crippen LogP contribution is 2.45. The number of amides is 1. The predicted molar refractivity (Wildman–Crippen MR) is 141 cm³/mol. The van der Waals surface area contributed by atoms with E-state index in [1.54, 1.807) is 0 Å². The zero-order valence-corrected chi connectivity index (χ0v) is 20.6. The van der Waals surface area contributed by atoms with Crippen LogP contribution in [0.15, 0.2) is 78.4 Å². The van der Waals surface area contributed by atoms with Crippen LogP contribution in [0.3, 0.4) is 0 Å². The summed E-state index contributed by atoms with van der Waals surface area (Å²) in [5.74, 6) is 0.167. The third kappa shape index (κ3) is 3.80. The molecular formula is C32H29NO4. The van der Waals surface area contributed by atoms with Gasteiger partial charge in [-0.15, -0.1) is 0 Å². The topological polar surface area (TPSA) is 55.8 Å². The lowest BCUT2D eigenvalue weighted by Crippen LogP contribution is -2.60. The Morgan fingerprint density at radius 3 is 2.14 bits per heavy atom. The summed E-state index contributed by atoms with van der Waals surface area (Å²) < 4.78 is 11.8. The molecular weight excluding hydrogens is 462 g/mol. The number of nitrogens with zero attached hydrogens (tertiary/aromatic N) is 1. The van der Waals surface area contributed by atoms with Crippen LogP contribution in [0, 0.1) is 5.92 Å². The summed E-state index contributed by atoms with van der Waals surface area (Å²) >= 11 is 0. The quantitative estimate of drug-likeness (QED) is 0.475. The van der Waals surface area contributed by atoms with Gasteiger partial charge < -0.3 is 9.47 Å². The first kappa shape index (κ1) is 22.5. The molecule has 5 heteroatoms. The van der Waals surface area contributed by atoms with Crippen molar-refractivity contribution in [2.24, 2.45) is 5.92 Å². The maximum absolute atomic E-state index is 13.5. The number of piperidine rings is 1. The molecule has 186 valence electrons. The fraction of sp³-hybridized carbons (Fsp3) is 0.312. The first-order valence-corrected chi connectivity index (χ1v) is 13.2. The van der Waals surface area contributed by atoms with Gasteiger partial charge in [0.1, 0.15) is 6.61 Å². The van der Waals surface area contributed by atoms with Gasteiger partial charge in [0.05, 0.1) is 25.3 Å². The second kappa shape index (κ2) is 9.00. The Labute approximate surface area is 216 Å². The molecule has 0 radical (unpaired) electrons. The number of hydrogen-bond acceptors (Lipinski definition) is 4. The highest BCUT2D eigenvalue weighted by atomic mass is 16.6. The van der Waals surface area contributed by atoms with E-state index in [1.807, 2.05) is 35.2 Å². The highest BCUT2D eigenvalue weighted by Gasteiger charge is 2.45. The summed E-state index contributed by atoms with van der Waals surface area (Å²) in [7, 11) is 0. The van der Waals surface area contributed by atoms with E-state index in [-0.39, 0.29) is 35.8 Å². The molecule has 2 unspecified atom stereocenters. The second-order valence-corrected chi connectivity index (χ2v) is 10.6. The number of benzene rings is 3. The fourth-order valence-electron chi connectivity index (χ4n) is 6.80. The minimum atomic E-state index is -0.293. The zero-order chi connectivity index (χ0) is 24.9. The van der Waals surface area contributed by atoms with E-state index in [2.05, 4.69) is 48.5 Å². The summed E-state index contributed by atoms with van der Waals surface area (Å²) in [6.45, 7) is 1.20. The smallest absolute Gasteiger partial charge is 0.410 e. The molecule has 7 rings (SSSR count). The van der Waals surface area contributed by atoms with Crippen LogP contribution in [0.5, 0.6) is 0 Å². The van der Waals surface area contributed by atoms with Gasteiger partial charge in [0.15, 0.2) is 5.78 Å². The predicted octanol–water partition coefficient (Wildman–Crippen LogP) is 5.62. The van der Waals surface area contributed by atoms with Crippen LogP contribution in [0.1, 0.15) is 41.0 Å². The molecule has 2 atom stereocenters. The van der Waals surface area contributed by atoms with Gasteiger partial charge in [-0.05, 0) is 52.3 Å². The number of morpholine rings is 1. The molecule has 2 saturated heterocycles. The summed E-state index contributed by atoms with van der Waals surface area (Å²) in [6.07, 6.45) is 3.69. The maximum atomic E-state index is 13.5. The lowest BCUT2D eigenvalue weighted by Gasteiger charge is -2.47. The minimum absolute atomic E-state index is 0.0301. The molecule has 0 aromatic heterocycles. The summed E-state index contributed by atoms with van der Waals surface area (Å²) in [5, 5.41) is 0. The van der Waals surface area contributed by atoms with Crippen LogP contribution in [0.25, 0.3) is 17.2 Å². The molecule has 2 heterocycles. The molecule has 0 N–H and O–H groups in total. The Morgan fingerprint density at radius 2 is 1.46 bits per heavy atom. The van der Waals surface area contributed by atoms with E-state index < -0.39 is 0 Å². The van der Waals surface area contributed by atoms with Crippen LogP contribution in [0.2, 0.25) is 0 Å². The van der Waals surface area contributed by atoms with E-state index >= 15 is 0 Å². The Hall–Kier alpha value is -3.70. The Kier molecular flexibility index (Phi) is 5.47. The third-order valence-corrected chi connectivity index (χ3v) is 8.52. The number of carbonyl (C=O) groups excluding carboxylic acids is 2. The number of hydrogen-bond donors (Lipinski definition) is 0. The van der Waals surface area contributed by atoms with Crippen molar-refractivity contribution in [1.29, 1.82) is 0 Å². The van der Waals surface area contributed by atoms with Crippen molar-refractivity contribution in [2.75, 3.05) is 19.8 Å². The van der Waals surface area contributed by atoms with Crippen LogP contribution in [-0.4, -0.2) is 48.7 Å². The van der Waals surface area contributed by atoms with Gasteiger partial charge in [0.2, 0.25) is 0 Å². The van der Waals surface area contributed by atoms with E-state index in [1.165, 1.54) is 27.8 Å². The standard InChI is InChI=1S/C32H29NO4/c34-31(22-13-20-7-1-2-8-21(20)14-22)23-15-24-17-36-18-25(16-23)33(24)32(35)37-19-30-28-11-5-3-9-26(28)27-10-4-6-12-29(27)30/h1-13,23-25,30H,14-19H2. The van der Waals surface area contributed by atoms with Crippen molar-refractivity contribution in [3.05, 3.63) is 101 Å². The van der Waals surface area contributed by atoms with Gasteiger partial charge in [0.25, 0.3) is 0 Å². The van der Waals surface area contributed by atoms with Crippen molar-refractivity contribution in [1.82, 2.24) is 4.90 Å². The normalized spacial score (nSPS) is 23.6. The van der Waals surface area contributed by atoms with Gasteiger partial charge >= 0.3 is 6.09 Å². The van der Waals surface area contributed by atoms with Crippen LogP contribution >= 0.6 is 0 Å². The Morgan fingerprint density at radius 1 is 0.838 bits per heavy atom. The van der Waals surface area contributed by atoms with E-state index in [4.69, 9.17) is 9.47 Å². The Bertz CT molecular complexity index is 1370. The van der Waals surface area contributed by atoms with Crippen molar-refractivity contribution in [3.63, 3.8) is 0 Å². The number of rotatable bonds is 4. The number of ether oxygens (including phenoxy) is 2. The molecule has 3 aromatic carbocycles. The van der Waals surface area contributed by atoms with Crippen molar-refractivity contribution in [2.45, 2.75) is 37.3 Å². The largest absolute Gasteiger partial charge is 0.448 e. The molecule has 2 aliphatic carbocycles. The van der Waals surface area contributed by atoms with E-state index in [0.29, 0.717) is 39.1 Å². The van der Waals surface area contributed by atoms with Crippen LogP contribution < -0.4 is 0 Å². The highest BCUT2D eigenvalue weighted by molar-refractivity contribution is 6.03. The number of ketones is 1. The lowest BCUT2D eigenvalue weighted by atomic mass is 9.80. The van der Waals surface area contributed by atoms with Gasteiger partial charge in [0, 0.05) is 23.8 Å². The summed E-state index contributed by atoms with van der Waals surface area (Å²) in [6, 6.07) is 24.6. The lowest BCUT2D eigenvalue weighted by molar-refractivity contribution is -0.127. The van der Waals surface area contributed by atoms with E-state index in [9.17, 15) is 9.59 Å². The monoisotopic (exact) mass is 491 g/mol. The molecule has 2 fully saturated rings. The van der Waals surface area contributed by atoms with E-state index in [0.717, 1.165) is 11.1 Å². The third-order valence-electron chi connectivity index (χ3n) is 8.52. The number of carbonyl (C=O) groups is 2. The number of allylic oxidation sites excluding steroid dienone is 1. The fourth-order valence-corrected chi connectivity index (χ4v) is 6.80. The van der Waals surface area contributed by atoms with Crippen molar-refractivity contribution in [3.8, 4) is 11.1 Å². The van der Waals surface area contributed by atoms with Crippen LogP contribution in [0.4, 0.5) is 4.79 Å². The van der Waals surface area contributed by atoms with Crippen LogP contribution in [-0.2, 0) is 20.7 Å². The number of fused-ring (bicyclic) bond motifs is 6.